The second kappa shape index (κ2) is 4.65. The lowest BCUT2D eigenvalue weighted by Gasteiger charge is -2.00. The molecule has 0 bridgehead atoms. The van der Waals surface area contributed by atoms with Crippen LogP contribution in [0.15, 0.2) is 24.3 Å². The van der Waals surface area contributed by atoms with Gasteiger partial charge in [0.25, 0.3) is 0 Å². The van der Waals surface area contributed by atoms with Crippen molar-refractivity contribution < 1.29 is 4.79 Å². The molecule has 1 rings (SSSR count). The highest BCUT2D eigenvalue weighted by atomic mass is 16.1. The summed E-state index contributed by atoms with van der Waals surface area (Å²) in [4.78, 5) is 11.3. The quantitative estimate of drug-likeness (QED) is 0.716. The molecule has 2 N–H and O–H groups in total. The molecule has 0 aliphatic heterocycles. The van der Waals surface area contributed by atoms with Crippen LogP contribution in [-0.2, 0) is 11.2 Å². The van der Waals surface area contributed by atoms with Crippen LogP contribution in [0.1, 0.15) is 25.3 Å². The molecule has 2 nitrogen and oxygen atoms in total. The predicted molar refractivity (Wildman–Crippen MR) is 54.5 cm³/mol. The minimum atomic E-state index is 0.285. The Morgan fingerprint density at radius 1 is 1.46 bits per heavy atom. The topological polar surface area (TPSA) is 43.1 Å². The lowest BCUT2D eigenvalue weighted by molar-refractivity contribution is -0.118. The molecule has 0 fully saturated rings. The van der Waals surface area contributed by atoms with Crippen LogP contribution >= 0.6 is 0 Å². The first-order chi connectivity index (χ1) is 6.22. The molecule has 70 valence electrons. The third-order valence-electron chi connectivity index (χ3n) is 1.88. The Balaban J connectivity index is 2.58. The van der Waals surface area contributed by atoms with Gasteiger partial charge in [-0.15, -0.1) is 0 Å². The van der Waals surface area contributed by atoms with E-state index in [1.54, 1.807) is 0 Å². The maximum absolute atomic E-state index is 11.3. The van der Waals surface area contributed by atoms with Crippen molar-refractivity contribution in [1.82, 2.24) is 0 Å². The van der Waals surface area contributed by atoms with Gasteiger partial charge in [-0.3, -0.25) is 4.79 Å². The zero-order valence-corrected chi connectivity index (χ0v) is 7.92. The molecule has 1 aromatic carbocycles. The van der Waals surface area contributed by atoms with E-state index in [0.29, 0.717) is 12.8 Å². The summed E-state index contributed by atoms with van der Waals surface area (Å²) in [5.41, 5.74) is 7.33. The van der Waals surface area contributed by atoms with Gasteiger partial charge in [0.15, 0.2) is 0 Å². The van der Waals surface area contributed by atoms with Gasteiger partial charge in [0, 0.05) is 18.5 Å². The Hall–Kier alpha value is -1.31. The van der Waals surface area contributed by atoms with Gasteiger partial charge in [-0.2, -0.15) is 0 Å². The summed E-state index contributed by atoms with van der Waals surface area (Å²) in [5, 5.41) is 0. The molecule has 0 aliphatic carbocycles. The average molecular weight is 177 g/mol. The van der Waals surface area contributed by atoms with E-state index in [0.717, 1.165) is 17.7 Å². The number of benzene rings is 1. The monoisotopic (exact) mass is 177 g/mol. The molecule has 1 aromatic rings. The van der Waals surface area contributed by atoms with Crippen molar-refractivity contribution in [3.8, 4) is 0 Å². The predicted octanol–water partition coefficient (Wildman–Crippen LogP) is 2.18. The van der Waals surface area contributed by atoms with Crippen molar-refractivity contribution in [3.63, 3.8) is 0 Å². The zero-order chi connectivity index (χ0) is 9.68. The number of Topliss-reactive ketones (excluding diaryl/α,β-unsaturated/α-hetero) is 1. The van der Waals surface area contributed by atoms with Gasteiger partial charge in [-0.1, -0.05) is 19.1 Å². The van der Waals surface area contributed by atoms with Crippen molar-refractivity contribution >= 4 is 11.5 Å². The minimum absolute atomic E-state index is 0.285. The molecule has 0 aromatic heterocycles. The van der Waals surface area contributed by atoms with Crippen molar-refractivity contribution in [2.24, 2.45) is 0 Å². The molecule has 2 heteroatoms. The fourth-order valence-corrected chi connectivity index (χ4v) is 1.30. The normalized spacial score (nSPS) is 9.92. The molecule has 0 saturated heterocycles. The Bertz CT molecular complexity index is 294. The second-order valence-electron chi connectivity index (χ2n) is 3.21. The SMILES string of the molecule is CCCC(=O)Cc1cccc(N)c1. The zero-order valence-electron chi connectivity index (χ0n) is 7.92. The van der Waals surface area contributed by atoms with Gasteiger partial charge in [-0.05, 0) is 24.1 Å². The average Bonchev–Trinajstić information content (AvgIpc) is 2.04. The van der Waals surface area contributed by atoms with Crippen molar-refractivity contribution in [1.29, 1.82) is 0 Å². The summed E-state index contributed by atoms with van der Waals surface area (Å²) >= 11 is 0. The van der Waals surface area contributed by atoms with Crippen molar-refractivity contribution in [3.05, 3.63) is 29.8 Å². The van der Waals surface area contributed by atoms with E-state index in [1.807, 2.05) is 31.2 Å². The summed E-state index contributed by atoms with van der Waals surface area (Å²) in [6.45, 7) is 2.01. The molecular formula is C11H15NO. The highest BCUT2D eigenvalue weighted by molar-refractivity contribution is 5.81. The smallest absolute Gasteiger partial charge is 0.137 e. The fourth-order valence-electron chi connectivity index (χ4n) is 1.30. The fraction of sp³-hybridized carbons (Fsp3) is 0.364. The number of hydrogen-bond acceptors (Lipinski definition) is 2. The Labute approximate surface area is 78.8 Å². The summed E-state index contributed by atoms with van der Waals surface area (Å²) < 4.78 is 0. The van der Waals surface area contributed by atoms with E-state index in [9.17, 15) is 4.79 Å². The summed E-state index contributed by atoms with van der Waals surface area (Å²) in [6.07, 6.45) is 2.09. The lowest BCUT2D eigenvalue weighted by Crippen LogP contribution is -2.01. The van der Waals surface area contributed by atoms with Crippen molar-refractivity contribution in [2.45, 2.75) is 26.2 Å². The molecule has 0 saturated carbocycles. The number of rotatable bonds is 4. The highest BCUT2D eigenvalue weighted by Gasteiger charge is 2.01. The second-order valence-corrected chi connectivity index (χ2v) is 3.21. The molecule has 0 radical (unpaired) electrons. The molecule has 0 unspecified atom stereocenters. The standard InChI is InChI=1S/C11H15NO/c1-2-4-11(13)8-9-5-3-6-10(12)7-9/h3,5-7H,2,4,8,12H2,1H3. The summed E-state index contributed by atoms with van der Waals surface area (Å²) in [7, 11) is 0. The molecule has 13 heavy (non-hydrogen) atoms. The van der Waals surface area contributed by atoms with E-state index < -0.39 is 0 Å². The number of carbonyl (C=O) groups is 1. The van der Waals surface area contributed by atoms with Crippen LogP contribution < -0.4 is 5.73 Å². The van der Waals surface area contributed by atoms with Crippen LogP contribution in [0.4, 0.5) is 5.69 Å². The first-order valence-corrected chi connectivity index (χ1v) is 4.58. The van der Waals surface area contributed by atoms with Crippen LogP contribution in [0, 0.1) is 0 Å². The van der Waals surface area contributed by atoms with Crippen molar-refractivity contribution in [2.75, 3.05) is 5.73 Å². The maximum Gasteiger partial charge on any atom is 0.137 e. The molecule has 0 aliphatic rings. The third kappa shape index (κ3) is 3.28. The number of anilines is 1. The largest absolute Gasteiger partial charge is 0.399 e. The van der Waals surface area contributed by atoms with Gasteiger partial charge in [-0.25, -0.2) is 0 Å². The molecule has 0 amide bonds. The number of nitrogen functional groups attached to an aromatic ring is 1. The number of hydrogen-bond donors (Lipinski definition) is 1. The lowest BCUT2D eigenvalue weighted by atomic mass is 10.1. The molecule has 0 heterocycles. The number of nitrogens with two attached hydrogens (primary N) is 1. The van der Waals surface area contributed by atoms with Gasteiger partial charge >= 0.3 is 0 Å². The van der Waals surface area contributed by atoms with E-state index in [4.69, 9.17) is 5.73 Å². The van der Waals surface area contributed by atoms with Gasteiger partial charge in [0.1, 0.15) is 5.78 Å². The first-order valence-electron chi connectivity index (χ1n) is 4.58. The van der Waals surface area contributed by atoms with Crippen LogP contribution in [0.3, 0.4) is 0 Å². The Morgan fingerprint density at radius 2 is 2.23 bits per heavy atom. The van der Waals surface area contributed by atoms with Crippen LogP contribution in [0.2, 0.25) is 0 Å². The Morgan fingerprint density at radius 3 is 2.85 bits per heavy atom. The van der Waals surface area contributed by atoms with E-state index in [-0.39, 0.29) is 5.78 Å². The number of carbonyl (C=O) groups excluding carboxylic acids is 1. The maximum atomic E-state index is 11.3. The molecule has 0 spiro atoms. The molecular weight excluding hydrogens is 162 g/mol. The van der Waals surface area contributed by atoms with Crippen LogP contribution in [-0.4, -0.2) is 5.78 Å². The number of ketones is 1. The third-order valence-corrected chi connectivity index (χ3v) is 1.88. The van der Waals surface area contributed by atoms with Crippen LogP contribution in [0.25, 0.3) is 0 Å². The van der Waals surface area contributed by atoms with E-state index in [1.165, 1.54) is 0 Å². The van der Waals surface area contributed by atoms with E-state index >= 15 is 0 Å². The van der Waals surface area contributed by atoms with Gasteiger partial charge < -0.3 is 5.73 Å². The Kier molecular flexibility index (Phi) is 3.50. The minimum Gasteiger partial charge on any atom is -0.399 e. The van der Waals surface area contributed by atoms with Gasteiger partial charge in [0.2, 0.25) is 0 Å². The van der Waals surface area contributed by atoms with Gasteiger partial charge in [0.05, 0.1) is 0 Å². The van der Waals surface area contributed by atoms with Crippen LogP contribution in [0.5, 0.6) is 0 Å². The molecule has 0 atom stereocenters. The first kappa shape index (κ1) is 9.78. The highest BCUT2D eigenvalue weighted by Crippen LogP contribution is 2.08. The van der Waals surface area contributed by atoms with E-state index in [2.05, 4.69) is 0 Å². The summed E-state index contributed by atoms with van der Waals surface area (Å²) in [6, 6.07) is 7.50. The summed E-state index contributed by atoms with van der Waals surface area (Å²) in [5.74, 6) is 0.285.